The van der Waals surface area contributed by atoms with E-state index in [9.17, 15) is 28.2 Å². The van der Waals surface area contributed by atoms with Gasteiger partial charge < -0.3 is 19.8 Å². The van der Waals surface area contributed by atoms with Crippen molar-refractivity contribution in [3.63, 3.8) is 0 Å². The van der Waals surface area contributed by atoms with Crippen molar-refractivity contribution in [1.82, 2.24) is 4.90 Å². The number of aliphatic hydroxyl groups is 2. The fraction of sp³-hybridized carbons (Fsp3) is 0.588. The average Bonchev–Trinajstić information content (AvgIpc) is 2.55. The molecule has 1 aliphatic rings. The van der Waals surface area contributed by atoms with E-state index in [1.807, 2.05) is 6.92 Å². The van der Waals surface area contributed by atoms with E-state index in [4.69, 9.17) is 0 Å². The van der Waals surface area contributed by atoms with Gasteiger partial charge in [0.1, 0.15) is 5.75 Å². The van der Waals surface area contributed by atoms with Crippen LogP contribution in [0.2, 0.25) is 0 Å². The van der Waals surface area contributed by atoms with E-state index in [-0.39, 0.29) is 25.3 Å². The minimum Gasteiger partial charge on any atom is -0.405 e. The molecule has 0 unspecified atom stereocenters. The largest absolute Gasteiger partial charge is 0.573 e. The molecule has 0 aromatic heterocycles. The molecule has 5 nitrogen and oxygen atoms in total. The van der Waals surface area contributed by atoms with Gasteiger partial charge in [0.25, 0.3) is 5.91 Å². The highest BCUT2D eigenvalue weighted by Gasteiger charge is 2.43. The fourth-order valence-corrected chi connectivity index (χ4v) is 3.28. The predicted molar refractivity (Wildman–Crippen MR) is 84.1 cm³/mol. The summed E-state index contributed by atoms with van der Waals surface area (Å²) in [5, 5.41) is 20.1. The van der Waals surface area contributed by atoms with Crippen molar-refractivity contribution in [2.75, 3.05) is 19.7 Å². The first-order valence-electron chi connectivity index (χ1n) is 8.15. The van der Waals surface area contributed by atoms with Gasteiger partial charge in [0.2, 0.25) is 0 Å². The number of β-amino-alcohol motifs (C(OH)–C–C–N with tert-alkyl or cyclic N) is 1. The number of amides is 1. The summed E-state index contributed by atoms with van der Waals surface area (Å²) in [4.78, 5) is 13.9. The van der Waals surface area contributed by atoms with E-state index in [1.54, 1.807) is 0 Å². The van der Waals surface area contributed by atoms with E-state index in [0.29, 0.717) is 12.8 Å². The summed E-state index contributed by atoms with van der Waals surface area (Å²) in [5.74, 6) is -1.20. The zero-order valence-electron chi connectivity index (χ0n) is 13.9. The summed E-state index contributed by atoms with van der Waals surface area (Å²) in [6, 6.07) is 5.14. The number of benzene rings is 1. The van der Waals surface area contributed by atoms with E-state index < -0.39 is 29.5 Å². The molecule has 1 saturated heterocycles. The molecule has 140 valence electrons. The van der Waals surface area contributed by atoms with E-state index in [1.165, 1.54) is 23.1 Å². The maximum absolute atomic E-state index is 12.6. The highest BCUT2D eigenvalue weighted by atomic mass is 19.4. The number of ether oxygens (including phenoxy) is 1. The molecule has 8 heteroatoms. The Labute approximate surface area is 144 Å². The van der Waals surface area contributed by atoms with Gasteiger partial charge in [-0.15, -0.1) is 13.2 Å². The van der Waals surface area contributed by atoms with Gasteiger partial charge >= 0.3 is 6.36 Å². The number of aliphatic hydroxyl groups excluding tert-OH is 2. The molecule has 2 rings (SSSR count). The molecule has 1 aliphatic heterocycles. The molecule has 1 aromatic rings. The molecule has 1 aromatic carbocycles. The molecule has 25 heavy (non-hydrogen) atoms. The maximum atomic E-state index is 12.6. The monoisotopic (exact) mass is 361 g/mol. The Bertz CT molecular complexity index is 608. The lowest BCUT2D eigenvalue weighted by atomic mass is 9.73. The van der Waals surface area contributed by atoms with E-state index >= 15 is 0 Å². The predicted octanol–water partition coefficient (Wildman–Crippen LogP) is 2.57. The summed E-state index contributed by atoms with van der Waals surface area (Å²) in [6.45, 7) is 1.95. The van der Waals surface area contributed by atoms with Gasteiger partial charge in [-0.2, -0.15) is 0 Å². The van der Waals surface area contributed by atoms with Gasteiger partial charge in [-0.1, -0.05) is 25.5 Å². The number of likely N-dealkylation sites (tertiary alicyclic amines) is 1. The van der Waals surface area contributed by atoms with Crippen molar-refractivity contribution in [2.45, 2.75) is 38.7 Å². The molecular formula is C17H22F3NO4. The molecule has 0 bridgehead atoms. The molecule has 0 radical (unpaired) electrons. The fourth-order valence-electron chi connectivity index (χ4n) is 3.28. The topological polar surface area (TPSA) is 70.0 Å². The number of carbonyl (C=O) groups is 1. The number of para-hydroxylation sites is 1. The Morgan fingerprint density at radius 1 is 1.40 bits per heavy atom. The SMILES string of the molecule is CCC[C@]1(CO)CCN(C(=O)c2ccccc2OC(F)(F)F)C[C@H]1O. The van der Waals surface area contributed by atoms with Gasteiger partial charge in [-0.3, -0.25) is 4.79 Å². The van der Waals surface area contributed by atoms with Crippen molar-refractivity contribution in [3.8, 4) is 5.75 Å². The minimum absolute atomic E-state index is 0.0419. The van der Waals surface area contributed by atoms with Crippen LogP contribution in [0.5, 0.6) is 5.75 Å². The highest BCUT2D eigenvalue weighted by Crippen LogP contribution is 2.37. The van der Waals surface area contributed by atoms with Gasteiger partial charge in [0.15, 0.2) is 0 Å². The minimum atomic E-state index is -4.90. The summed E-state index contributed by atoms with van der Waals surface area (Å²) >= 11 is 0. The summed E-state index contributed by atoms with van der Waals surface area (Å²) in [7, 11) is 0. The second kappa shape index (κ2) is 7.61. The first kappa shape index (κ1) is 19.5. The van der Waals surface area contributed by atoms with Crippen LogP contribution in [0.1, 0.15) is 36.5 Å². The third-order valence-electron chi connectivity index (χ3n) is 4.67. The smallest absolute Gasteiger partial charge is 0.405 e. The number of alkyl halides is 3. The number of halogens is 3. The van der Waals surface area contributed by atoms with Gasteiger partial charge in [0, 0.05) is 18.5 Å². The summed E-state index contributed by atoms with van der Waals surface area (Å²) in [6.07, 6.45) is -4.07. The second-order valence-corrected chi connectivity index (χ2v) is 6.33. The molecule has 2 atom stereocenters. The van der Waals surface area contributed by atoms with Crippen LogP contribution in [-0.4, -0.2) is 53.2 Å². The molecule has 0 saturated carbocycles. The lowest BCUT2D eigenvalue weighted by Gasteiger charge is -2.44. The quantitative estimate of drug-likeness (QED) is 0.846. The van der Waals surface area contributed by atoms with Crippen molar-refractivity contribution in [1.29, 1.82) is 0 Å². The Morgan fingerprint density at radius 2 is 2.08 bits per heavy atom. The van der Waals surface area contributed by atoms with Crippen molar-refractivity contribution in [3.05, 3.63) is 29.8 Å². The van der Waals surface area contributed by atoms with Crippen molar-refractivity contribution in [2.24, 2.45) is 5.41 Å². The second-order valence-electron chi connectivity index (χ2n) is 6.33. The van der Waals surface area contributed by atoms with Crippen molar-refractivity contribution >= 4 is 5.91 Å². The average molecular weight is 361 g/mol. The van der Waals surface area contributed by atoms with Gasteiger partial charge in [0.05, 0.1) is 18.3 Å². The number of carbonyl (C=O) groups excluding carboxylic acids is 1. The Kier molecular flexibility index (Phi) is 5.95. The molecule has 0 spiro atoms. The molecule has 2 N–H and O–H groups in total. The van der Waals surface area contributed by atoms with Crippen LogP contribution in [0, 0.1) is 5.41 Å². The first-order valence-corrected chi connectivity index (χ1v) is 8.15. The molecule has 1 fully saturated rings. The third kappa shape index (κ3) is 4.43. The van der Waals surface area contributed by atoms with Crippen LogP contribution >= 0.6 is 0 Å². The van der Waals surface area contributed by atoms with Gasteiger partial charge in [-0.05, 0) is 25.0 Å². The van der Waals surface area contributed by atoms with Crippen LogP contribution in [0.15, 0.2) is 24.3 Å². The maximum Gasteiger partial charge on any atom is 0.573 e. The third-order valence-corrected chi connectivity index (χ3v) is 4.67. The lowest BCUT2D eigenvalue weighted by Crippen LogP contribution is -2.54. The van der Waals surface area contributed by atoms with E-state index in [0.717, 1.165) is 12.5 Å². The number of nitrogens with zero attached hydrogens (tertiary/aromatic N) is 1. The van der Waals surface area contributed by atoms with Crippen LogP contribution in [0.25, 0.3) is 0 Å². The van der Waals surface area contributed by atoms with Crippen LogP contribution < -0.4 is 4.74 Å². The van der Waals surface area contributed by atoms with Crippen LogP contribution in [0.3, 0.4) is 0 Å². The van der Waals surface area contributed by atoms with Crippen LogP contribution in [-0.2, 0) is 0 Å². The normalized spacial score (nSPS) is 24.2. The summed E-state index contributed by atoms with van der Waals surface area (Å²) in [5.41, 5.74) is -0.882. The van der Waals surface area contributed by atoms with E-state index in [2.05, 4.69) is 4.74 Å². The van der Waals surface area contributed by atoms with Crippen molar-refractivity contribution < 1.29 is 32.9 Å². The zero-order chi connectivity index (χ0) is 18.7. The Morgan fingerprint density at radius 3 is 2.64 bits per heavy atom. The molecule has 1 amide bonds. The molecular weight excluding hydrogens is 339 g/mol. The first-order chi connectivity index (χ1) is 11.7. The zero-order valence-corrected chi connectivity index (χ0v) is 13.9. The number of hydrogen-bond acceptors (Lipinski definition) is 4. The standard InChI is InChI=1S/C17H22F3NO4/c1-2-7-16(11-22)8-9-21(10-14(16)23)15(24)12-5-3-4-6-13(12)25-17(18,19)20/h3-6,14,22-23H,2,7-11H2,1H3/t14-,16-/m1/s1. The number of hydrogen-bond donors (Lipinski definition) is 2. The summed E-state index contributed by atoms with van der Waals surface area (Å²) < 4.78 is 41.4. The Balaban J connectivity index is 2.18. The number of rotatable bonds is 5. The van der Waals surface area contributed by atoms with Gasteiger partial charge in [-0.25, -0.2) is 0 Å². The highest BCUT2D eigenvalue weighted by molar-refractivity contribution is 5.97. The Hall–Kier alpha value is -1.80. The molecule has 1 heterocycles. The molecule has 0 aliphatic carbocycles. The lowest BCUT2D eigenvalue weighted by molar-refractivity contribution is -0.274. The van der Waals surface area contributed by atoms with Crippen LogP contribution in [0.4, 0.5) is 13.2 Å². The number of piperidine rings is 1.